The van der Waals surface area contributed by atoms with Gasteiger partial charge in [-0.25, -0.2) is 4.39 Å². The number of carbonyl (C=O) groups is 1. The first kappa shape index (κ1) is 13.9. The highest BCUT2D eigenvalue weighted by Gasteiger charge is 2.25. The van der Waals surface area contributed by atoms with Crippen molar-refractivity contribution in [3.05, 3.63) is 29.8 Å². The molecule has 1 unspecified atom stereocenters. The second kappa shape index (κ2) is 6.08. The minimum absolute atomic E-state index is 0.0929. The summed E-state index contributed by atoms with van der Waals surface area (Å²) >= 11 is 0. The maximum atomic E-state index is 13.5. The highest BCUT2D eigenvalue weighted by molar-refractivity contribution is 5.94. The zero-order valence-electron chi connectivity index (χ0n) is 11.1. The Kier molecular flexibility index (Phi) is 4.44. The number of carbonyl (C=O) groups excluding carboxylic acids is 1. The van der Waals surface area contributed by atoms with Gasteiger partial charge in [0.2, 0.25) is 0 Å². The van der Waals surface area contributed by atoms with Crippen LogP contribution in [-0.2, 0) is 0 Å². The quantitative estimate of drug-likeness (QED) is 0.856. The monoisotopic (exact) mass is 266 g/mol. The Morgan fingerprint density at radius 1 is 1.47 bits per heavy atom. The predicted octanol–water partition coefficient (Wildman–Crippen LogP) is 0.326. The van der Waals surface area contributed by atoms with Crippen LogP contribution < -0.4 is 5.73 Å². The highest BCUT2D eigenvalue weighted by Crippen LogP contribution is 2.12. The zero-order valence-corrected chi connectivity index (χ0v) is 11.1. The molecular weight excluding hydrogens is 247 g/mol. The minimum Gasteiger partial charge on any atom is -0.336 e. The van der Waals surface area contributed by atoms with Gasteiger partial charge >= 0.3 is 0 Å². The molecule has 2 N–H and O–H groups in total. The number of pyridine rings is 1. The number of piperazine rings is 1. The second-order valence-corrected chi connectivity index (χ2v) is 4.77. The van der Waals surface area contributed by atoms with E-state index in [0.717, 1.165) is 19.3 Å². The number of nitrogens with two attached hydrogens (primary N) is 1. The van der Waals surface area contributed by atoms with Gasteiger partial charge in [-0.2, -0.15) is 0 Å². The maximum Gasteiger partial charge on any atom is 0.257 e. The summed E-state index contributed by atoms with van der Waals surface area (Å²) in [5.74, 6) is -0.829. The molecule has 0 radical (unpaired) electrons. The van der Waals surface area contributed by atoms with Crippen molar-refractivity contribution in [1.29, 1.82) is 0 Å². The molecule has 2 rings (SSSR count). The molecule has 0 aromatic carbocycles. The Hall–Kier alpha value is -1.53. The smallest absolute Gasteiger partial charge is 0.257 e. The lowest BCUT2D eigenvalue weighted by Gasteiger charge is -2.37. The average Bonchev–Trinajstić information content (AvgIpc) is 2.46. The number of amides is 1. The Labute approximate surface area is 112 Å². The van der Waals surface area contributed by atoms with Gasteiger partial charge < -0.3 is 10.6 Å². The third-order valence-corrected chi connectivity index (χ3v) is 3.57. The SMILES string of the molecule is CC(CN)N1CCN(C(=O)c2ccncc2F)CC1. The molecule has 0 bridgehead atoms. The summed E-state index contributed by atoms with van der Waals surface area (Å²) in [6, 6.07) is 1.74. The van der Waals surface area contributed by atoms with Gasteiger partial charge in [-0.1, -0.05) is 0 Å². The van der Waals surface area contributed by atoms with Gasteiger partial charge in [0.25, 0.3) is 5.91 Å². The van der Waals surface area contributed by atoms with E-state index in [1.807, 2.05) is 0 Å². The summed E-state index contributed by atoms with van der Waals surface area (Å²) in [4.78, 5) is 19.8. The average molecular weight is 266 g/mol. The van der Waals surface area contributed by atoms with E-state index in [4.69, 9.17) is 5.73 Å². The topological polar surface area (TPSA) is 62.5 Å². The van der Waals surface area contributed by atoms with Crippen molar-refractivity contribution in [2.75, 3.05) is 32.7 Å². The molecule has 104 valence electrons. The fourth-order valence-corrected chi connectivity index (χ4v) is 2.23. The largest absolute Gasteiger partial charge is 0.336 e. The molecule has 0 aliphatic carbocycles. The summed E-state index contributed by atoms with van der Waals surface area (Å²) < 4.78 is 13.5. The van der Waals surface area contributed by atoms with E-state index in [0.29, 0.717) is 25.7 Å². The van der Waals surface area contributed by atoms with Crippen LogP contribution in [0.4, 0.5) is 4.39 Å². The van der Waals surface area contributed by atoms with Gasteiger partial charge in [-0.15, -0.1) is 0 Å². The van der Waals surface area contributed by atoms with Crippen molar-refractivity contribution in [3.8, 4) is 0 Å². The van der Waals surface area contributed by atoms with Crippen LogP contribution in [0.2, 0.25) is 0 Å². The van der Waals surface area contributed by atoms with Crippen molar-refractivity contribution in [2.45, 2.75) is 13.0 Å². The summed E-state index contributed by atoms with van der Waals surface area (Å²) in [6.07, 6.45) is 2.50. The van der Waals surface area contributed by atoms with Crippen LogP contribution in [0.25, 0.3) is 0 Å². The predicted molar refractivity (Wildman–Crippen MR) is 70.2 cm³/mol. The van der Waals surface area contributed by atoms with E-state index in [1.54, 1.807) is 4.90 Å². The number of hydrogen-bond donors (Lipinski definition) is 1. The number of rotatable bonds is 3. The molecule has 0 saturated carbocycles. The molecule has 1 aliphatic rings. The molecule has 1 fully saturated rings. The molecule has 0 spiro atoms. The first-order valence-corrected chi connectivity index (χ1v) is 6.46. The van der Waals surface area contributed by atoms with Crippen LogP contribution in [0.5, 0.6) is 0 Å². The standard InChI is InChI=1S/C13H19FN4O/c1-10(8-15)17-4-6-18(7-5-17)13(19)11-2-3-16-9-12(11)14/h2-3,9-10H,4-8,15H2,1H3. The number of halogens is 1. The Morgan fingerprint density at radius 3 is 2.74 bits per heavy atom. The fourth-order valence-electron chi connectivity index (χ4n) is 2.23. The molecule has 1 amide bonds. The van der Waals surface area contributed by atoms with Crippen LogP contribution in [0.1, 0.15) is 17.3 Å². The van der Waals surface area contributed by atoms with Gasteiger partial charge in [0.05, 0.1) is 11.8 Å². The van der Waals surface area contributed by atoms with Gasteiger partial charge in [-0.3, -0.25) is 14.7 Å². The Balaban J connectivity index is 1.98. The van der Waals surface area contributed by atoms with Crippen molar-refractivity contribution in [3.63, 3.8) is 0 Å². The molecule has 1 aromatic rings. The van der Waals surface area contributed by atoms with Crippen LogP contribution >= 0.6 is 0 Å². The van der Waals surface area contributed by atoms with Crippen LogP contribution in [0, 0.1) is 5.82 Å². The third-order valence-electron chi connectivity index (χ3n) is 3.57. The van der Waals surface area contributed by atoms with E-state index in [-0.39, 0.29) is 11.5 Å². The molecule has 1 atom stereocenters. The summed E-state index contributed by atoms with van der Waals surface area (Å²) in [7, 11) is 0. The molecular formula is C13H19FN4O. The van der Waals surface area contributed by atoms with Gasteiger partial charge in [0.15, 0.2) is 5.82 Å². The lowest BCUT2D eigenvalue weighted by molar-refractivity contribution is 0.0584. The summed E-state index contributed by atoms with van der Waals surface area (Å²) in [5, 5.41) is 0. The van der Waals surface area contributed by atoms with Crippen molar-refractivity contribution < 1.29 is 9.18 Å². The minimum atomic E-state index is -0.565. The fraction of sp³-hybridized carbons (Fsp3) is 0.538. The third kappa shape index (κ3) is 3.08. The first-order chi connectivity index (χ1) is 9.13. The van der Waals surface area contributed by atoms with Crippen LogP contribution in [0.3, 0.4) is 0 Å². The van der Waals surface area contributed by atoms with Crippen molar-refractivity contribution >= 4 is 5.91 Å². The number of hydrogen-bond acceptors (Lipinski definition) is 4. The van der Waals surface area contributed by atoms with Crippen LogP contribution in [-0.4, -0.2) is 59.5 Å². The molecule has 1 aliphatic heterocycles. The molecule has 19 heavy (non-hydrogen) atoms. The molecule has 5 nitrogen and oxygen atoms in total. The van der Waals surface area contributed by atoms with E-state index in [2.05, 4.69) is 16.8 Å². The molecule has 2 heterocycles. The Morgan fingerprint density at radius 2 is 2.16 bits per heavy atom. The van der Waals surface area contributed by atoms with E-state index < -0.39 is 5.82 Å². The first-order valence-electron chi connectivity index (χ1n) is 6.46. The lowest BCUT2D eigenvalue weighted by atomic mass is 10.2. The van der Waals surface area contributed by atoms with Gasteiger partial charge in [-0.05, 0) is 13.0 Å². The number of aromatic nitrogens is 1. The number of nitrogens with zero attached hydrogens (tertiary/aromatic N) is 3. The van der Waals surface area contributed by atoms with Crippen molar-refractivity contribution in [1.82, 2.24) is 14.8 Å². The normalized spacial score (nSPS) is 18.4. The Bertz CT molecular complexity index is 446. The molecule has 1 aromatic heterocycles. The van der Waals surface area contributed by atoms with E-state index in [9.17, 15) is 9.18 Å². The van der Waals surface area contributed by atoms with E-state index >= 15 is 0 Å². The molecule has 1 saturated heterocycles. The molecule has 6 heteroatoms. The second-order valence-electron chi connectivity index (χ2n) is 4.77. The zero-order chi connectivity index (χ0) is 13.8. The van der Waals surface area contributed by atoms with Crippen LogP contribution in [0.15, 0.2) is 18.5 Å². The summed E-state index contributed by atoms with van der Waals surface area (Å²) in [6.45, 7) is 5.43. The van der Waals surface area contributed by atoms with E-state index in [1.165, 1.54) is 12.3 Å². The van der Waals surface area contributed by atoms with Gasteiger partial charge in [0, 0.05) is 45.0 Å². The maximum absolute atomic E-state index is 13.5. The lowest BCUT2D eigenvalue weighted by Crippen LogP contribution is -2.52. The highest BCUT2D eigenvalue weighted by atomic mass is 19.1. The van der Waals surface area contributed by atoms with Gasteiger partial charge in [0.1, 0.15) is 0 Å². The van der Waals surface area contributed by atoms with Crippen molar-refractivity contribution in [2.24, 2.45) is 5.73 Å². The summed E-state index contributed by atoms with van der Waals surface area (Å²) in [5.41, 5.74) is 5.72.